The summed E-state index contributed by atoms with van der Waals surface area (Å²) in [5, 5.41) is 5.50. The van der Waals surface area contributed by atoms with Crippen molar-refractivity contribution in [3.05, 3.63) is 59.1 Å². The molecule has 4 aromatic heterocycles. The van der Waals surface area contributed by atoms with E-state index in [9.17, 15) is 0 Å². The van der Waals surface area contributed by atoms with Crippen LogP contribution in [0.4, 0.5) is 0 Å². The van der Waals surface area contributed by atoms with Crippen molar-refractivity contribution in [3.8, 4) is 11.3 Å². The molecule has 0 amide bonds. The first-order chi connectivity index (χ1) is 11.7. The van der Waals surface area contributed by atoms with E-state index in [1.807, 2.05) is 13.0 Å². The Morgan fingerprint density at radius 2 is 1.75 bits per heavy atom. The molecule has 116 valence electrons. The van der Waals surface area contributed by atoms with E-state index in [4.69, 9.17) is 9.40 Å². The first-order valence-corrected chi connectivity index (χ1v) is 8.73. The fourth-order valence-corrected chi connectivity index (χ4v) is 4.08. The van der Waals surface area contributed by atoms with E-state index < -0.39 is 0 Å². The van der Waals surface area contributed by atoms with E-state index in [0.717, 1.165) is 38.1 Å². The molecule has 4 heterocycles. The average Bonchev–Trinajstić information content (AvgIpc) is 3.14. The van der Waals surface area contributed by atoms with Gasteiger partial charge < -0.3 is 4.42 Å². The standard InChI is InChI=1S/C20H14N2OS/c1-11-10-24-20-13(11)8-9-17(22-20)16-5-3-4-14-15-7-6-12(2)21-19(15)23-18(14)16/h3-10H,1-2H3. The zero-order valence-corrected chi connectivity index (χ0v) is 14.1. The molecule has 0 saturated heterocycles. The molecule has 0 bridgehead atoms. The van der Waals surface area contributed by atoms with Gasteiger partial charge in [0.25, 0.3) is 0 Å². The van der Waals surface area contributed by atoms with E-state index in [2.05, 4.69) is 53.7 Å². The molecule has 24 heavy (non-hydrogen) atoms. The Hall–Kier alpha value is -2.72. The van der Waals surface area contributed by atoms with Gasteiger partial charge in [-0.25, -0.2) is 9.97 Å². The molecule has 5 rings (SSSR count). The van der Waals surface area contributed by atoms with Gasteiger partial charge in [0.1, 0.15) is 10.4 Å². The Labute approximate surface area is 142 Å². The van der Waals surface area contributed by atoms with Crippen LogP contribution in [-0.4, -0.2) is 9.97 Å². The fraction of sp³-hybridized carbons (Fsp3) is 0.100. The van der Waals surface area contributed by atoms with E-state index in [-0.39, 0.29) is 0 Å². The number of aromatic nitrogens is 2. The summed E-state index contributed by atoms with van der Waals surface area (Å²) in [6, 6.07) is 14.5. The summed E-state index contributed by atoms with van der Waals surface area (Å²) in [6.07, 6.45) is 0. The Balaban J connectivity index is 1.82. The Morgan fingerprint density at radius 3 is 2.67 bits per heavy atom. The number of nitrogens with zero attached hydrogens (tertiary/aromatic N) is 2. The van der Waals surface area contributed by atoms with E-state index in [1.165, 1.54) is 10.9 Å². The van der Waals surface area contributed by atoms with Gasteiger partial charge in [0.15, 0.2) is 0 Å². The van der Waals surface area contributed by atoms with Gasteiger partial charge in [-0.1, -0.05) is 12.1 Å². The molecule has 0 aliphatic heterocycles. The molecule has 0 aliphatic rings. The van der Waals surface area contributed by atoms with Crippen molar-refractivity contribution in [2.75, 3.05) is 0 Å². The number of thiophene rings is 1. The predicted octanol–water partition coefficient (Wildman–Crippen LogP) is 5.87. The molecule has 4 heteroatoms. The van der Waals surface area contributed by atoms with Crippen LogP contribution in [0.25, 0.3) is 43.5 Å². The molecule has 0 aliphatic carbocycles. The maximum absolute atomic E-state index is 6.09. The van der Waals surface area contributed by atoms with Crippen LogP contribution in [0.3, 0.4) is 0 Å². The summed E-state index contributed by atoms with van der Waals surface area (Å²) in [5.74, 6) is 0. The smallest absolute Gasteiger partial charge is 0.227 e. The van der Waals surface area contributed by atoms with Crippen LogP contribution in [0.2, 0.25) is 0 Å². The van der Waals surface area contributed by atoms with E-state index in [1.54, 1.807) is 11.3 Å². The lowest BCUT2D eigenvalue weighted by atomic mass is 10.1. The van der Waals surface area contributed by atoms with Gasteiger partial charge in [0.2, 0.25) is 5.71 Å². The number of aryl methyl sites for hydroxylation is 2. The minimum atomic E-state index is 0.686. The number of furan rings is 1. The van der Waals surface area contributed by atoms with Gasteiger partial charge >= 0.3 is 0 Å². The van der Waals surface area contributed by atoms with Crippen LogP contribution in [0.5, 0.6) is 0 Å². The number of rotatable bonds is 1. The molecule has 0 unspecified atom stereocenters. The van der Waals surface area contributed by atoms with Crippen LogP contribution < -0.4 is 0 Å². The molecule has 0 saturated carbocycles. The highest BCUT2D eigenvalue weighted by Crippen LogP contribution is 2.35. The summed E-state index contributed by atoms with van der Waals surface area (Å²) in [5.41, 5.74) is 5.71. The Morgan fingerprint density at radius 1 is 0.875 bits per heavy atom. The highest BCUT2D eigenvalue weighted by atomic mass is 32.1. The molecule has 3 nitrogen and oxygen atoms in total. The van der Waals surface area contributed by atoms with Crippen molar-refractivity contribution in [1.82, 2.24) is 9.97 Å². The minimum Gasteiger partial charge on any atom is -0.437 e. The van der Waals surface area contributed by atoms with Crippen LogP contribution in [0.15, 0.2) is 52.3 Å². The van der Waals surface area contributed by atoms with Gasteiger partial charge in [-0.15, -0.1) is 11.3 Å². The summed E-state index contributed by atoms with van der Waals surface area (Å²) in [7, 11) is 0. The monoisotopic (exact) mass is 330 g/mol. The maximum atomic E-state index is 6.09. The van der Waals surface area contributed by atoms with Crippen molar-refractivity contribution in [2.24, 2.45) is 0 Å². The van der Waals surface area contributed by atoms with Crippen LogP contribution >= 0.6 is 11.3 Å². The number of fused-ring (bicyclic) bond motifs is 4. The highest BCUT2D eigenvalue weighted by Gasteiger charge is 2.14. The quantitative estimate of drug-likeness (QED) is 0.385. The zero-order chi connectivity index (χ0) is 16.3. The summed E-state index contributed by atoms with van der Waals surface area (Å²) < 4.78 is 6.09. The summed E-state index contributed by atoms with van der Waals surface area (Å²) in [6.45, 7) is 4.09. The van der Waals surface area contributed by atoms with Crippen molar-refractivity contribution < 1.29 is 4.42 Å². The van der Waals surface area contributed by atoms with Crippen LogP contribution in [-0.2, 0) is 0 Å². The Kier molecular flexibility index (Phi) is 2.79. The summed E-state index contributed by atoms with van der Waals surface area (Å²) in [4.78, 5) is 10.4. The molecular weight excluding hydrogens is 316 g/mol. The third-order valence-corrected chi connectivity index (χ3v) is 5.42. The molecule has 0 radical (unpaired) electrons. The SMILES string of the molecule is Cc1ccc2c(n1)oc1c(-c3ccc4c(C)csc4n3)cccc12. The van der Waals surface area contributed by atoms with Crippen molar-refractivity contribution in [1.29, 1.82) is 0 Å². The van der Waals surface area contributed by atoms with E-state index in [0.29, 0.717) is 5.71 Å². The van der Waals surface area contributed by atoms with Gasteiger partial charge in [-0.2, -0.15) is 0 Å². The van der Waals surface area contributed by atoms with E-state index >= 15 is 0 Å². The normalized spacial score (nSPS) is 11.8. The van der Waals surface area contributed by atoms with Crippen LogP contribution in [0, 0.1) is 13.8 Å². The molecule has 0 N–H and O–H groups in total. The number of benzene rings is 1. The largest absolute Gasteiger partial charge is 0.437 e. The second-order valence-electron chi connectivity index (χ2n) is 6.06. The second-order valence-corrected chi connectivity index (χ2v) is 6.92. The lowest BCUT2D eigenvalue weighted by molar-refractivity contribution is 0.653. The molecule has 0 spiro atoms. The predicted molar refractivity (Wildman–Crippen MR) is 99.6 cm³/mol. The first kappa shape index (κ1) is 13.7. The molecule has 1 aromatic carbocycles. The minimum absolute atomic E-state index is 0.686. The highest BCUT2D eigenvalue weighted by molar-refractivity contribution is 7.16. The first-order valence-electron chi connectivity index (χ1n) is 7.85. The van der Waals surface area contributed by atoms with Crippen molar-refractivity contribution in [3.63, 3.8) is 0 Å². The zero-order valence-electron chi connectivity index (χ0n) is 13.3. The molecule has 0 fully saturated rings. The number of hydrogen-bond donors (Lipinski definition) is 0. The average molecular weight is 330 g/mol. The third kappa shape index (κ3) is 1.90. The number of hydrogen-bond acceptors (Lipinski definition) is 4. The number of para-hydroxylation sites is 1. The third-order valence-electron chi connectivity index (χ3n) is 4.41. The fourth-order valence-electron chi connectivity index (χ4n) is 3.16. The molecule has 0 atom stereocenters. The van der Waals surface area contributed by atoms with Crippen LogP contribution in [0.1, 0.15) is 11.3 Å². The lowest BCUT2D eigenvalue weighted by Gasteiger charge is -2.02. The topological polar surface area (TPSA) is 38.9 Å². The molecular formula is C20H14N2OS. The van der Waals surface area contributed by atoms with Crippen molar-refractivity contribution in [2.45, 2.75) is 13.8 Å². The van der Waals surface area contributed by atoms with Gasteiger partial charge in [0, 0.05) is 27.4 Å². The molecule has 5 aromatic rings. The summed E-state index contributed by atoms with van der Waals surface area (Å²) >= 11 is 1.68. The van der Waals surface area contributed by atoms with Crippen molar-refractivity contribution >= 4 is 43.6 Å². The Bertz CT molecular complexity index is 1230. The van der Waals surface area contributed by atoms with Gasteiger partial charge in [0.05, 0.1) is 5.69 Å². The lowest BCUT2D eigenvalue weighted by Crippen LogP contribution is -1.84. The second kappa shape index (κ2) is 4.89. The van der Waals surface area contributed by atoms with Gasteiger partial charge in [-0.3, -0.25) is 0 Å². The number of pyridine rings is 2. The van der Waals surface area contributed by atoms with Gasteiger partial charge in [-0.05, 0) is 55.1 Å². The maximum Gasteiger partial charge on any atom is 0.227 e.